The minimum Gasteiger partial charge on any atom is -0.481 e. The first-order valence-electron chi connectivity index (χ1n) is 4.89. The summed E-state index contributed by atoms with van der Waals surface area (Å²) in [5, 5.41) is 11.5. The maximum atomic E-state index is 10.0. The van der Waals surface area contributed by atoms with Gasteiger partial charge in [0, 0.05) is 13.1 Å². The van der Waals surface area contributed by atoms with E-state index in [0.29, 0.717) is 6.10 Å². The molecule has 0 bridgehead atoms. The molecule has 0 saturated carbocycles. The first kappa shape index (κ1) is 13.4. The predicted molar refractivity (Wildman–Crippen MR) is 55.4 cm³/mol. The monoisotopic (exact) mass is 203 g/mol. The zero-order chi connectivity index (χ0) is 11.2. The Labute approximate surface area is 85.6 Å². The summed E-state index contributed by atoms with van der Waals surface area (Å²) >= 11 is 0. The van der Waals surface area contributed by atoms with Gasteiger partial charge in [-0.2, -0.15) is 0 Å². The number of hydrogen-bond donors (Lipinski definition) is 2. The van der Waals surface area contributed by atoms with E-state index in [0.717, 1.165) is 19.7 Å². The molecule has 1 aliphatic heterocycles. The number of morpholine rings is 1. The number of carbonyl (C=O) groups is 1. The zero-order valence-electron chi connectivity index (χ0n) is 9.46. The lowest BCUT2D eigenvalue weighted by atomic mass is 9.98. The number of rotatable bonds is 0. The SMILES string of the molecule is CC(C)(C)C(=O)O.C[C@H]1CNCCO1. The molecule has 0 aliphatic carbocycles. The summed E-state index contributed by atoms with van der Waals surface area (Å²) in [6.07, 6.45) is 0.425. The molecule has 4 heteroatoms. The molecule has 0 radical (unpaired) electrons. The Morgan fingerprint density at radius 2 is 2.00 bits per heavy atom. The van der Waals surface area contributed by atoms with Crippen LogP contribution >= 0.6 is 0 Å². The molecule has 84 valence electrons. The Bertz CT molecular complexity index is 169. The zero-order valence-corrected chi connectivity index (χ0v) is 9.46. The van der Waals surface area contributed by atoms with Crippen molar-refractivity contribution in [3.05, 3.63) is 0 Å². The van der Waals surface area contributed by atoms with Crippen LogP contribution in [0.5, 0.6) is 0 Å². The fourth-order valence-corrected chi connectivity index (χ4v) is 0.697. The van der Waals surface area contributed by atoms with Crippen molar-refractivity contribution in [1.29, 1.82) is 0 Å². The molecule has 1 rings (SSSR count). The summed E-state index contributed by atoms with van der Waals surface area (Å²) in [5.41, 5.74) is -0.583. The molecule has 2 N–H and O–H groups in total. The lowest BCUT2D eigenvalue weighted by Crippen LogP contribution is -2.36. The highest BCUT2D eigenvalue weighted by Crippen LogP contribution is 2.11. The second-order valence-electron chi connectivity index (χ2n) is 4.44. The van der Waals surface area contributed by atoms with Crippen molar-refractivity contribution in [2.75, 3.05) is 19.7 Å². The standard InChI is InChI=1S/C5H11NO.C5H10O2/c1-5-4-6-2-3-7-5;1-5(2,3)4(6)7/h5-6H,2-4H2,1H3;1-3H3,(H,6,7)/t5-;/m0./s1. The highest BCUT2D eigenvalue weighted by molar-refractivity contribution is 5.72. The maximum Gasteiger partial charge on any atom is 0.308 e. The van der Waals surface area contributed by atoms with Gasteiger partial charge in [-0.1, -0.05) is 0 Å². The van der Waals surface area contributed by atoms with Gasteiger partial charge in [0.25, 0.3) is 0 Å². The van der Waals surface area contributed by atoms with Crippen molar-refractivity contribution in [2.45, 2.75) is 33.8 Å². The van der Waals surface area contributed by atoms with Crippen LogP contribution in [0.4, 0.5) is 0 Å². The number of carboxylic acids is 1. The summed E-state index contributed by atoms with van der Waals surface area (Å²) < 4.78 is 5.22. The maximum absolute atomic E-state index is 10.0. The van der Waals surface area contributed by atoms with Gasteiger partial charge in [0.2, 0.25) is 0 Å². The van der Waals surface area contributed by atoms with Gasteiger partial charge in [0.15, 0.2) is 0 Å². The van der Waals surface area contributed by atoms with Gasteiger partial charge in [0.1, 0.15) is 0 Å². The molecular formula is C10H21NO3. The molecule has 14 heavy (non-hydrogen) atoms. The van der Waals surface area contributed by atoms with Crippen LogP contribution in [0.15, 0.2) is 0 Å². The fourth-order valence-electron chi connectivity index (χ4n) is 0.697. The predicted octanol–water partition coefficient (Wildman–Crippen LogP) is 1.11. The van der Waals surface area contributed by atoms with Crippen molar-refractivity contribution in [3.8, 4) is 0 Å². The third kappa shape index (κ3) is 6.86. The van der Waals surface area contributed by atoms with E-state index in [1.54, 1.807) is 20.8 Å². The van der Waals surface area contributed by atoms with Crippen LogP contribution in [0.2, 0.25) is 0 Å². The lowest BCUT2D eigenvalue weighted by Gasteiger charge is -2.18. The average Bonchev–Trinajstić information content (AvgIpc) is 2.04. The third-order valence-corrected chi connectivity index (χ3v) is 1.75. The molecule has 1 atom stereocenters. The van der Waals surface area contributed by atoms with E-state index in [4.69, 9.17) is 9.84 Å². The van der Waals surface area contributed by atoms with E-state index >= 15 is 0 Å². The summed E-state index contributed by atoms with van der Waals surface area (Å²) in [6, 6.07) is 0. The minimum atomic E-state index is -0.757. The van der Waals surface area contributed by atoms with Gasteiger partial charge in [-0.25, -0.2) is 0 Å². The van der Waals surface area contributed by atoms with Crippen LogP contribution in [0.1, 0.15) is 27.7 Å². The van der Waals surface area contributed by atoms with E-state index in [-0.39, 0.29) is 0 Å². The topological polar surface area (TPSA) is 58.6 Å². The van der Waals surface area contributed by atoms with Crippen LogP contribution in [0, 0.1) is 5.41 Å². The van der Waals surface area contributed by atoms with Gasteiger partial charge in [-0.05, 0) is 27.7 Å². The van der Waals surface area contributed by atoms with Crippen LogP contribution in [0.3, 0.4) is 0 Å². The molecule has 1 fully saturated rings. The number of hydrogen-bond acceptors (Lipinski definition) is 3. The van der Waals surface area contributed by atoms with Crippen LogP contribution in [-0.4, -0.2) is 36.9 Å². The number of aliphatic carboxylic acids is 1. The smallest absolute Gasteiger partial charge is 0.308 e. The molecule has 1 saturated heterocycles. The Hall–Kier alpha value is -0.610. The lowest BCUT2D eigenvalue weighted by molar-refractivity contribution is -0.145. The molecule has 0 aromatic carbocycles. The highest BCUT2D eigenvalue weighted by Gasteiger charge is 2.18. The van der Waals surface area contributed by atoms with Crippen molar-refractivity contribution in [1.82, 2.24) is 5.32 Å². The first-order valence-corrected chi connectivity index (χ1v) is 4.89. The van der Waals surface area contributed by atoms with Crippen molar-refractivity contribution < 1.29 is 14.6 Å². The Morgan fingerprint density at radius 3 is 2.14 bits per heavy atom. The van der Waals surface area contributed by atoms with E-state index in [1.165, 1.54) is 0 Å². The second-order valence-corrected chi connectivity index (χ2v) is 4.44. The molecule has 4 nitrogen and oxygen atoms in total. The summed E-state index contributed by atoms with van der Waals surface area (Å²) in [6.45, 7) is 9.97. The molecule has 0 unspecified atom stereocenters. The van der Waals surface area contributed by atoms with Crippen LogP contribution in [0.25, 0.3) is 0 Å². The van der Waals surface area contributed by atoms with Gasteiger partial charge < -0.3 is 15.2 Å². The van der Waals surface area contributed by atoms with Gasteiger partial charge in [-0.3, -0.25) is 4.79 Å². The summed E-state index contributed by atoms with van der Waals surface area (Å²) in [7, 11) is 0. The number of carboxylic acid groups (broad SMARTS) is 1. The van der Waals surface area contributed by atoms with E-state index < -0.39 is 11.4 Å². The Morgan fingerprint density at radius 1 is 1.50 bits per heavy atom. The second kappa shape index (κ2) is 5.98. The summed E-state index contributed by atoms with van der Waals surface area (Å²) in [4.78, 5) is 10.0. The van der Waals surface area contributed by atoms with Gasteiger partial charge in [0.05, 0.1) is 18.1 Å². The molecule has 0 amide bonds. The minimum absolute atomic E-state index is 0.425. The molecule has 1 aliphatic rings. The van der Waals surface area contributed by atoms with Gasteiger partial charge >= 0.3 is 5.97 Å². The quantitative estimate of drug-likeness (QED) is 0.619. The van der Waals surface area contributed by atoms with Crippen molar-refractivity contribution in [3.63, 3.8) is 0 Å². The molecule has 0 spiro atoms. The first-order chi connectivity index (χ1) is 6.34. The van der Waals surface area contributed by atoms with Crippen molar-refractivity contribution >= 4 is 5.97 Å². The molecule has 0 aromatic rings. The largest absolute Gasteiger partial charge is 0.481 e. The Balaban J connectivity index is 0.000000241. The van der Waals surface area contributed by atoms with Gasteiger partial charge in [-0.15, -0.1) is 0 Å². The van der Waals surface area contributed by atoms with E-state index in [2.05, 4.69) is 12.2 Å². The Kier molecular flexibility index (Phi) is 5.72. The summed E-state index contributed by atoms with van der Waals surface area (Å²) in [5.74, 6) is -0.757. The van der Waals surface area contributed by atoms with E-state index in [9.17, 15) is 4.79 Å². The number of nitrogens with one attached hydrogen (secondary N) is 1. The number of ether oxygens (including phenoxy) is 1. The van der Waals surface area contributed by atoms with Crippen LogP contribution in [-0.2, 0) is 9.53 Å². The molecule has 1 heterocycles. The van der Waals surface area contributed by atoms with Crippen LogP contribution < -0.4 is 5.32 Å². The van der Waals surface area contributed by atoms with E-state index in [1.807, 2.05) is 0 Å². The normalized spacial score (nSPS) is 22.1. The third-order valence-electron chi connectivity index (χ3n) is 1.75. The fraction of sp³-hybridized carbons (Fsp3) is 0.900. The molecule has 0 aromatic heterocycles. The average molecular weight is 203 g/mol. The highest BCUT2D eigenvalue weighted by atomic mass is 16.5. The van der Waals surface area contributed by atoms with Crippen molar-refractivity contribution in [2.24, 2.45) is 5.41 Å². The molecular weight excluding hydrogens is 182 g/mol.